The SMILES string of the molecule is COC(=O)Cc1ccc(N2CCN(C(=O)n3cc4c(n3)C(C)(C)CN(C(=O)OC(C)(C)C)C4)C(C)(C)C2)nc1. The van der Waals surface area contributed by atoms with Crippen molar-refractivity contribution in [3.8, 4) is 0 Å². The Labute approximate surface area is 230 Å². The highest BCUT2D eigenvalue weighted by Crippen LogP contribution is 2.34. The zero-order chi connectivity index (χ0) is 28.8. The first-order valence-corrected chi connectivity index (χ1v) is 13.3. The van der Waals surface area contributed by atoms with E-state index in [2.05, 4.69) is 9.88 Å². The van der Waals surface area contributed by atoms with Crippen LogP contribution in [0.3, 0.4) is 0 Å². The standard InChI is InChI=1S/C28H40N6O5/c1-26(2,3)39-25(37)32-15-20-16-34(30-23(20)27(4,5)17-32)24(36)33-12-11-31(18-28(33,6)7)21-10-9-19(14-29-21)13-22(35)38-8/h9-10,14,16H,11-13,15,17-18H2,1-8H3. The highest BCUT2D eigenvalue weighted by Gasteiger charge is 2.41. The third kappa shape index (κ3) is 6.17. The van der Waals surface area contributed by atoms with Crippen LogP contribution in [0.25, 0.3) is 0 Å². The van der Waals surface area contributed by atoms with Crippen LogP contribution in [-0.4, -0.2) is 87.1 Å². The van der Waals surface area contributed by atoms with Crippen LogP contribution in [0.5, 0.6) is 0 Å². The molecular weight excluding hydrogens is 500 g/mol. The Morgan fingerprint density at radius 3 is 2.36 bits per heavy atom. The quantitative estimate of drug-likeness (QED) is 0.544. The summed E-state index contributed by atoms with van der Waals surface area (Å²) in [5, 5.41) is 4.71. The number of anilines is 1. The molecule has 11 nitrogen and oxygen atoms in total. The molecule has 0 spiro atoms. The molecule has 0 aliphatic carbocycles. The van der Waals surface area contributed by atoms with E-state index in [4.69, 9.17) is 14.6 Å². The van der Waals surface area contributed by atoms with E-state index < -0.39 is 16.6 Å². The van der Waals surface area contributed by atoms with E-state index in [-0.39, 0.29) is 24.5 Å². The first-order valence-electron chi connectivity index (χ1n) is 13.3. The normalized spacial score (nSPS) is 18.4. The van der Waals surface area contributed by atoms with E-state index in [0.717, 1.165) is 22.6 Å². The number of esters is 1. The molecule has 0 aromatic carbocycles. The van der Waals surface area contributed by atoms with E-state index in [9.17, 15) is 14.4 Å². The topological polar surface area (TPSA) is 110 Å². The molecule has 1 saturated heterocycles. The third-order valence-corrected chi connectivity index (χ3v) is 7.07. The van der Waals surface area contributed by atoms with Crippen LogP contribution in [-0.2, 0) is 32.6 Å². The summed E-state index contributed by atoms with van der Waals surface area (Å²) >= 11 is 0. The van der Waals surface area contributed by atoms with E-state index in [1.807, 2.05) is 65.5 Å². The number of fused-ring (bicyclic) bond motifs is 1. The summed E-state index contributed by atoms with van der Waals surface area (Å²) in [6.45, 7) is 16.1. The molecule has 212 valence electrons. The van der Waals surface area contributed by atoms with Gasteiger partial charge in [-0.2, -0.15) is 9.78 Å². The van der Waals surface area contributed by atoms with Gasteiger partial charge in [0, 0.05) is 49.6 Å². The van der Waals surface area contributed by atoms with Gasteiger partial charge >= 0.3 is 18.1 Å². The van der Waals surface area contributed by atoms with Crippen LogP contribution >= 0.6 is 0 Å². The second kappa shape index (κ2) is 10.2. The van der Waals surface area contributed by atoms with E-state index in [1.54, 1.807) is 17.3 Å². The van der Waals surface area contributed by atoms with Gasteiger partial charge in [0.05, 0.1) is 31.3 Å². The molecule has 0 bridgehead atoms. The first-order chi connectivity index (χ1) is 18.1. The number of rotatable bonds is 3. The Balaban J connectivity index is 1.47. The van der Waals surface area contributed by atoms with Crippen molar-refractivity contribution in [3.63, 3.8) is 0 Å². The summed E-state index contributed by atoms with van der Waals surface area (Å²) in [6, 6.07) is 3.57. The van der Waals surface area contributed by atoms with Crippen molar-refractivity contribution in [2.24, 2.45) is 0 Å². The predicted molar refractivity (Wildman–Crippen MR) is 146 cm³/mol. The summed E-state index contributed by atoms with van der Waals surface area (Å²) in [5.74, 6) is 0.487. The van der Waals surface area contributed by atoms with Crippen molar-refractivity contribution >= 4 is 23.9 Å². The second-order valence-electron chi connectivity index (χ2n) is 12.6. The molecule has 0 N–H and O–H groups in total. The molecule has 0 atom stereocenters. The number of carbonyl (C=O) groups is 3. The number of amides is 2. The van der Waals surface area contributed by atoms with Gasteiger partial charge in [0.25, 0.3) is 0 Å². The largest absolute Gasteiger partial charge is 0.469 e. The van der Waals surface area contributed by atoms with Gasteiger partial charge in [-0.1, -0.05) is 19.9 Å². The summed E-state index contributed by atoms with van der Waals surface area (Å²) in [4.78, 5) is 48.2. The number of nitrogens with zero attached hydrogens (tertiary/aromatic N) is 6. The molecule has 2 aliphatic rings. The number of methoxy groups -OCH3 is 1. The Morgan fingerprint density at radius 2 is 1.77 bits per heavy atom. The average molecular weight is 541 g/mol. The third-order valence-electron chi connectivity index (χ3n) is 7.07. The van der Waals surface area contributed by atoms with E-state index in [1.165, 1.54) is 11.8 Å². The van der Waals surface area contributed by atoms with E-state index in [0.29, 0.717) is 32.7 Å². The molecule has 39 heavy (non-hydrogen) atoms. The molecule has 0 radical (unpaired) electrons. The van der Waals surface area contributed by atoms with Crippen molar-refractivity contribution in [1.29, 1.82) is 0 Å². The van der Waals surface area contributed by atoms with Gasteiger partial charge in [-0.25, -0.2) is 14.6 Å². The molecule has 2 amide bonds. The van der Waals surface area contributed by atoms with Gasteiger partial charge in [-0.3, -0.25) is 4.79 Å². The Kier molecular flexibility index (Phi) is 7.39. The molecule has 4 heterocycles. The zero-order valence-electron chi connectivity index (χ0n) is 24.3. The van der Waals surface area contributed by atoms with Crippen LogP contribution in [0.15, 0.2) is 24.5 Å². The number of piperazine rings is 1. The minimum atomic E-state index is -0.587. The lowest BCUT2D eigenvalue weighted by Crippen LogP contribution is -2.62. The molecule has 1 fully saturated rings. The molecule has 4 rings (SSSR count). The summed E-state index contributed by atoms with van der Waals surface area (Å²) in [5.41, 5.74) is 0.939. The summed E-state index contributed by atoms with van der Waals surface area (Å²) < 4.78 is 11.7. The number of aromatic nitrogens is 3. The molecule has 2 aromatic heterocycles. The van der Waals surface area contributed by atoms with Crippen LogP contribution in [0.4, 0.5) is 15.4 Å². The highest BCUT2D eigenvalue weighted by molar-refractivity contribution is 5.78. The summed E-state index contributed by atoms with van der Waals surface area (Å²) in [6.07, 6.45) is 3.25. The van der Waals surface area contributed by atoms with E-state index >= 15 is 0 Å². The fourth-order valence-corrected chi connectivity index (χ4v) is 5.24. The number of carbonyl (C=O) groups excluding carboxylic acids is 3. The molecule has 0 unspecified atom stereocenters. The number of hydrogen-bond acceptors (Lipinski definition) is 8. The minimum Gasteiger partial charge on any atom is -0.469 e. The molecule has 11 heteroatoms. The lowest BCUT2D eigenvalue weighted by atomic mass is 9.83. The van der Waals surface area contributed by atoms with Gasteiger partial charge < -0.3 is 24.2 Å². The first kappa shape index (κ1) is 28.4. The number of hydrogen-bond donors (Lipinski definition) is 0. The fraction of sp³-hybridized carbons (Fsp3) is 0.607. The van der Waals surface area contributed by atoms with Gasteiger partial charge in [-0.15, -0.1) is 0 Å². The van der Waals surface area contributed by atoms with Crippen LogP contribution in [0.2, 0.25) is 0 Å². The summed E-state index contributed by atoms with van der Waals surface area (Å²) in [7, 11) is 1.37. The highest BCUT2D eigenvalue weighted by atomic mass is 16.6. The van der Waals surface area contributed by atoms with Crippen LogP contribution in [0, 0.1) is 0 Å². The maximum Gasteiger partial charge on any atom is 0.410 e. The van der Waals surface area contributed by atoms with Crippen molar-refractivity contribution in [2.45, 2.75) is 78.0 Å². The van der Waals surface area contributed by atoms with Gasteiger partial charge in [0.1, 0.15) is 11.4 Å². The maximum absolute atomic E-state index is 13.7. The predicted octanol–water partition coefficient (Wildman–Crippen LogP) is 3.59. The molecule has 2 aliphatic heterocycles. The Hall–Kier alpha value is -3.63. The fourth-order valence-electron chi connectivity index (χ4n) is 5.24. The van der Waals surface area contributed by atoms with Crippen LogP contribution in [0.1, 0.15) is 65.3 Å². The lowest BCUT2D eigenvalue weighted by molar-refractivity contribution is -0.139. The van der Waals surface area contributed by atoms with Crippen molar-refractivity contribution in [1.82, 2.24) is 24.6 Å². The lowest BCUT2D eigenvalue weighted by Gasteiger charge is -2.47. The minimum absolute atomic E-state index is 0.178. The maximum atomic E-state index is 13.7. The van der Waals surface area contributed by atoms with Crippen molar-refractivity contribution in [3.05, 3.63) is 41.3 Å². The van der Waals surface area contributed by atoms with Crippen molar-refractivity contribution in [2.75, 3.05) is 38.2 Å². The zero-order valence-corrected chi connectivity index (χ0v) is 24.3. The second-order valence-corrected chi connectivity index (χ2v) is 12.6. The van der Waals surface area contributed by atoms with Crippen molar-refractivity contribution < 1.29 is 23.9 Å². The average Bonchev–Trinajstić information content (AvgIpc) is 3.27. The molecular formula is C28H40N6O5. The Bertz CT molecular complexity index is 1240. The van der Waals surface area contributed by atoms with Gasteiger partial charge in [-0.05, 0) is 46.2 Å². The number of pyridine rings is 1. The van der Waals surface area contributed by atoms with Gasteiger partial charge in [0.15, 0.2) is 0 Å². The molecule has 0 saturated carbocycles. The van der Waals surface area contributed by atoms with Crippen LogP contribution < -0.4 is 4.90 Å². The monoisotopic (exact) mass is 540 g/mol. The molecule has 2 aromatic rings. The smallest absolute Gasteiger partial charge is 0.410 e. The van der Waals surface area contributed by atoms with Gasteiger partial charge in [0.2, 0.25) is 0 Å². The number of ether oxygens (including phenoxy) is 2. The Morgan fingerprint density at radius 1 is 1.05 bits per heavy atom.